The van der Waals surface area contributed by atoms with E-state index in [1.807, 2.05) is 60.7 Å². The average molecular weight is 427 g/mol. The maximum absolute atomic E-state index is 13.4. The minimum absolute atomic E-state index is 0.0769. The van der Waals surface area contributed by atoms with Gasteiger partial charge in [0.2, 0.25) is 5.60 Å². The Morgan fingerprint density at radius 1 is 1.10 bits per heavy atom. The number of thioether (sulfide) groups is 1. The van der Waals surface area contributed by atoms with E-state index in [2.05, 4.69) is 0 Å². The maximum Gasteiger partial charge on any atom is 0.379 e. The van der Waals surface area contributed by atoms with Gasteiger partial charge in [-0.05, 0) is 22.6 Å². The van der Waals surface area contributed by atoms with Crippen LogP contribution in [0, 0.1) is 0 Å². The van der Waals surface area contributed by atoms with Crippen LogP contribution in [-0.4, -0.2) is 46.8 Å². The van der Waals surface area contributed by atoms with Crippen molar-refractivity contribution in [3.63, 3.8) is 0 Å². The monoisotopic (exact) mass is 427 g/mol. The Hall–Kier alpha value is -2.84. The van der Waals surface area contributed by atoms with E-state index in [1.165, 1.54) is 11.8 Å². The number of hydrogen-bond donors (Lipinski definition) is 0. The van der Waals surface area contributed by atoms with Crippen molar-refractivity contribution in [3.05, 3.63) is 71.8 Å². The predicted octanol–water partition coefficient (Wildman–Crippen LogP) is 2.86. The van der Waals surface area contributed by atoms with Crippen LogP contribution >= 0.6 is 11.8 Å². The first kappa shape index (κ1) is 20.4. The minimum atomic E-state index is -1.61. The zero-order valence-corrected chi connectivity index (χ0v) is 17.2. The lowest BCUT2D eigenvalue weighted by Gasteiger charge is -2.34. The van der Waals surface area contributed by atoms with Crippen LogP contribution in [0.15, 0.2) is 60.7 Å². The summed E-state index contributed by atoms with van der Waals surface area (Å²) in [5.41, 5.74) is -0.0158. The fraction of sp³-hybridized carbons (Fsp3) is 0.318. The Bertz CT molecular complexity index is 898. The van der Waals surface area contributed by atoms with Gasteiger partial charge in [-0.2, -0.15) is 0 Å². The number of esters is 1. The highest BCUT2D eigenvalue weighted by Gasteiger charge is 2.57. The van der Waals surface area contributed by atoms with Crippen molar-refractivity contribution in [2.75, 3.05) is 12.9 Å². The molecule has 1 amide bonds. The number of hydroxylamine groups is 2. The second-order valence-corrected chi connectivity index (χ2v) is 8.15. The van der Waals surface area contributed by atoms with Gasteiger partial charge < -0.3 is 9.57 Å². The summed E-state index contributed by atoms with van der Waals surface area (Å²) in [6, 6.07) is 18.7. The van der Waals surface area contributed by atoms with Crippen LogP contribution in [0.5, 0.6) is 0 Å². The van der Waals surface area contributed by atoms with Crippen LogP contribution in [0.1, 0.15) is 29.9 Å². The van der Waals surface area contributed by atoms with Gasteiger partial charge in [-0.3, -0.25) is 9.59 Å². The van der Waals surface area contributed by atoms with Gasteiger partial charge in [0.25, 0.3) is 5.91 Å². The van der Waals surface area contributed by atoms with E-state index in [0.717, 1.165) is 11.1 Å². The average Bonchev–Trinajstić information content (AvgIpc) is 3.33. The molecule has 2 aromatic rings. The normalized spacial score (nSPS) is 23.7. The van der Waals surface area contributed by atoms with E-state index in [9.17, 15) is 14.4 Å². The summed E-state index contributed by atoms with van der Waals surface area (Å²) in [6.45, 7) is 0.112. The Morgan fingerprint density at radius 2 is 1.70 bits per heavy atom. The molecule has 0 N–H and O–H groups in total. The quantitative estimate of drug-likeness (QED) is 0.656. The van der Waals surface area contributed by atoms with Crippen LogP contribution in [0.3, 0.4) is 0 Å². The third-order valence-corrected chi connectivity index (χ3v) is 6.23. The Labute approximate surface area is 178 Å². The molecule has 2 aliphatic rings. The maximum atomic E-state index is 13.4. The summed E-state index contributed by atoms with van der Waals surface area (Å²) in [4.78, 5) is 48.6. The summed E-state index contributed by atoms with van der Waals surface area (Å²) < 4.78 is 5.67. The molecule has 0 radical (unpaired) electrons. The van der Waals surface area contributed by atoms with Gasteiger partial charge >= 0.3 is 11.9 Å². The van der Waals surface area contributed by atoms with E-state index in [1.54, 1.807) is 6.26 Å². The van der Waals surface area contributed by atoms with Crippen LogP contribution < -0.4 is 0 Å². The van der Waals surface area contributed by atoms with Crippen molar-refractivity contribution in [2.24, 2.45) is 0 Å². The molecule has 2 aromatic carbocycles. The molecule has 30 heavy (non-hydrogen) atoms. The fourth-order valence-electron chi connectivity index (χ4n) is 3.86. The molecule has 0 bridgehead atoms. The third kappa shape index (κ3) is 3.68. The van der Waals surface area contributed by atoms with E-state index in [0.29, 0.717) is 5.23 Å². The molecule has 2 atom stereocenters. The van der Waals surface area contributed by atoms with Crippen molar-refractivity contribution in [2.45, 2.75) is 29.6 Å². The Kier molecular flexibility index (Phi) is 5.78. The van der Waals surface area contributed by atoms with Crippen LogP contribution in [-0.2, 0) is 28.8 Å². The molecule has 156 valence electrons. The van der Waals surface area contributed by atoms with Crippen molar-refractivity contribution in [3.8, 4) is 0 Å². The van der Waals surface area contributed by atoms with E-state index < -0.39 is 34.6 Å². The topological polar surface area (TPSA) is 82.1 Å². The lowest BCUT2D eigenvalue weighted by atomic mass is 9.76. The summed E-state index contributed by atoms with van der Waals surface area (Å²) >= 11 is 1.31. The van der Waals surface area contributed by atoms with Crippen molar-refractivity contribution < 1.29 is 28.8 Å². The number of cyclic esters (lactones) is 1. The molecule has 0 spiro atoms. The van der Waals surface area contributed by atoms with Gasteiger partial charge in [0.05, 0.1) is 12.5 Å². The number of hydrogen-bond acceptors (Lipinski definition) is 7. The zero-order valence-electron chi connectivity index (χ0n) is 16.4. The molecular weight excluding hydrogens is 406 g/mol. The molecular formula is C22H21NO6S. The third-order valence-electron chi connectivity index (χ3n) is 5.32. The lowest BCUT2D eigenvalue weighted by Crippen LogP contribution is -2.48. The SMILES string of the molecule is CSC1CON(OC(=O)C2(C(c3ccccc3)c3ccccc3)CCC(=O)O2)C1=O. The largest absolute Gasteiger partial charge is 0.446 e. The van der Waals surface area contributed by atoms with Crippen molar-refractivity contribution in [1.29, 1.82) is 0 Å². The molecule has 0 aromatic heterocycles. The number of amides is 1. The molecule has 2 heterocycles. The molecule has 2 unspecified atom stereocenters. The van der Waals surface area contributed by atoms with Crippen molar-refractivity contribution in [1.82, 2.24) is 5.23 Å². The highest BCUT2D eigenvalue weighted by Crippen LogP contribution is 2.45. The standard InChI is InChI=1S/C22H21NO6S/c1-30-17-14-27-23(20(17)25)29-21(26)22(13-12-18(24)28-22)19(15-8-4-2-5-9-15)16-10-6-3-7-11-16/h2-11,17,19H,12-14H2,1H3. The highest BCUT2D eigenvalue weighted by molar-refractivity contribution is 7.99. The number of benzene rings is 2. The number of carbonyl (C=O) groups is 3. The smallest absolute Gasteiger partial charge is 0.379 e. The van der Waals surface area contributed by atoms with E-state index in [-0.39, 0.29) is 19.4 Å². The van der Waals surface area contributed by atoms with Crippen LogP contribution in [0.25, 0.3) is 0 Å². The molecule has 2 aliphatic heterocycles. The molecule has 0 saturated carbocycles. The van der Waals surface area contributed by atoms with E-state index in [4.69, 9.17) is 14.4 Å². The van der Waals surface area contributed by atoms with Crippen molar-refractivity contribution >= 4 is 29.6 Å². The summed E-state index contributed by atoms with van der Waals surface area (Å²) in [5, 5.41) is 0.170. The Balaban J connectivity index is 1.73. The van der Waals surface area contributed by atoms with Gasteiger partial charge in [0.15, 0.2) is 0 Å². The predicted molar refractivity (Wildman–Crippen MR) is 109 cm³/mol. The summed E-state index contributed by atoms with van der Waals surface area (Å²) in [5.74, 6) is -2.38. The fourth-order valence-corrected chi connectivity index (χ4v) is 4.34. The summed E-state index contributed by atoms with van der Waals surface area (Å²) in [6.07, 6.45) is 1.99. The second-order valence-electron chi connectivity index (χ2n) is 7.11. The van der Waals surface area contributed by atoms with Gasteiger partial charge in [-0.1, -0.05) is 60.7 Å². The van der Waals surface area contributed by atoms with Crippen LogP contribution in [0.4, 0.5) is 0 Å². The molecule has 2 saturated heterocycles. The number of rotatable bonds is 6. The minimum Gasteiger partial charge on any atom is -0.446 e. The first-order chi connectivity index (χ1) is 14.5. The van der Waals surface area contributed by atoms with Gasteiger partial charge in [0, 0.05) is 12.8 Å². The first-order valence-corrected chi connectivity index (χ1v) is 10.9. The molecule has 8 heteroatoms. The highest BCUT2D eigenvalue weighted by atomic mass is 32.2. The number of carbonyl (C=O) groups excluding carboxylic acids is 3. The Morgan fingerprint density at radius 3 is 2.17 bits per heavy atom. The van der Waals surface area contributed by atoms with Gasteiger partial charge in [0.1, 0.15) is 5.25 Å². The molecule has 4 rings (SSSR count). The zero-order chi connectivity index (χ0) is 21.1. The van der Waals surface area contributed by atoms with E-state index >= 15 is 0 Å². The first-order valence-electron chi connectivity index (χ1n) is 9.59. The van der Waals surface area contributed by atoms with Gasteiger partial charge in [-0.25, -0.2) is 9.63 Å². The lowest BCUT2D eigenvalue weighted by molar-refractivity contribution is -0.310. The second kappa shape index (κ2) is 8.49. The molecule has 7 nitrogen and oxygen atoms in total. The summed E-state index contributed by atoms with van der Waals surface area (Å²) in [7, 11) is 0. The molecule has 0 aliphatic carbocycles. The van der Waals surface area contributed by atoms with Crippen LogP contribution in [0.2, 0.25) is 0 Å². The number of nitrogens with zero attached hydrogens (tertiary/aromatic N) is 1. The molecule has 2 fully saturated rings. The van der Waals surface area contributed by atoms with Gasteiger partial charge in [-0.15, -0.1) is 11.8 Å². The number of ether oxygens (including phenoxy) is 1.